The lowest BCUT2D eigenvalue weighted by atomic mass is 10.0. The normalized spacial score (nSPS) is 17.5. The van der Waals surface area contributed by atoms with E-state index in [0.29, 0.717) is 24.1 Å². The molecule has 2 rings (SSSR count). The molecule has 0 bridgehead atoms. The molecule has 1 aromatic rings. The highest BCUT2D eigenvalue weighted by molar-refractivity contribution is 5.28. The van der Waals surface area contributed by atoms with Gasteiger partial charge in [0.1, 0.15) is 0 Å². The molecule has 1 unspecified atom stereocenters. The third kappa shape index (κ3) is 4.20. The summed E-state index contributed by atoms with van der Waals surface area (Å²) in [5.41, 5.74) is 5.95. The molecule has 21 heavy (non-hydrogen) atoms. The van der Waals surface area contributed by atoms with Gasteiger partial charge in [-0.25, -0.2) is 0 Å². The minimum absolute atomic E-state index is 0.137. The van der Waals surface area contributed by atoms with Crippen LogP contribution < -0.4 is 5.73 Å². The number of hydrogen-bond donors (Lipinski definition) is 1. The van der Waals surface area contributed by atoms with Crippen LogP contribution in [0.2, 0.25) is 0 Å². The lowest BCUT2D eigenvalue weighted by molar-refractivity contribution is -0.137. The Labute approximate surface area is 124 Å². The number of halogens is 3. The largest absolute Gasteiger partial charge is 0.416 e. The van der Waals surface area contributed by atoms with Gasteiger partial charge in [0.05, 0.1) is 5.56 Å². The van der Waals surface area contributed by atoms with Crippen LogP contribution in [0.25, 0.3) is 0 Å². The van der Waals surface area contributed by atoms with E-state index in [1.54, 1.807) is 6.07 Å². The highest BCUT2D eigenvalue weighted by Gasteiger charge is 2.36. The van der Waals surface area contributed by atoms with Gasteiger partial charge in [-0.15, -0.1) is 0 Å². The van der Waals surface area contributed by atoms with Crippen molar-refractivity contribution in [3.8, 4) is 0 Å². The predicted octanol–water partition coefficient (Wildman–Crippen LogP) is 3.83. The van der Waals surface area contributed by atoms with Gasteiger partial charge in [-0.05, 0) is 36.5 Å². The number of benzene rings is 1. The molecule has 1 fully saturated rings. The van der Waals surface area contributed by atoms with Crippen LogP contribution >= 0.6 is 0 Å². The number of nitrogens with two attached hydrogens (primary N) is 1. The maximum atomic E-state index is 12.9. The molecule has 1 aromatic carbocycles. The molecule has 118 valence electrons. The number of rotatable bonds is 6. The smallest absolute Gasteiger partial charge is 0.329 e. The van der Waals surface area contributed by atoms with Crippen LogP contribution in [0.3, 0.4) is 0 Å². The van der Waals surface area contributed by atoms with Crippen molar-refractivity contribution < 1.29 is 13.2 Å². The first-order chi connectivity index (χ1) is 9.82. The molecule has 2 nitrogen and oxygen atoms in total. The Hall–Kier alpha value is -1.07. The molecule has 1 saturated carbocycles. The van der Waals surface area contributed by atoms with Crippen LogP contribution in [0.4, 0.5) is 13.2 Å². The molecule has 1 atom stereocenters. The molecule has 1 aliphatic rings. The van der Waals surface area contributed by atoms with Crippen molar-refractivity contribution >= 4 is 0 Å². The highest BCUT2D eigenvalue weighted by atomic mass is 19.4. The molecule has 0 saturated heterocycles. The second-order valence-electron chi connectivity index (χ2n) is 6.20. The summed E-state index contributed by atoms with van der Waals surface area (Å²) in [7, 11) is 0. The Bertz CT molecular complexity index is 467. The van der Waals surface area contributed by atoms with Gasteiger partial charge in [-0.2, -0.15) is 13.2 Å². The first-order valence-corrected chi connectivity index (χ1v) is 7.46. The molecule has 0 aliphatic heterocycles. The second kappa shape index (κ2) is 6.36. The van der Waals surface area contributed by atoms with Crippen LogP contribution in [0, 0.1) is 5.92 Å². The summed E-state index contributed by atoms with van der Waals surface area (Å²) in [4.78, 5) is 2.28. The van der Waals surface area contributed by atoms with Gasteiger partial charge >= 0.3 is 6.18 Å². The van der Waals surface area contributed by atoms with Crippen LogP contribution in [0.5, 0.6) is 0 Å². The van der Waals surface area contributed by atoms with Crippen LogP contribution in [0.15, 0.2) is 24.3 Å². The van der Waals surface area contributed by atoms with E-state index < -0.39 is 11.7 Å². The third-order valence-corrected chi connectivity index (χ3v) is 3.81. The Balaban J connectivity index is 2.27. The van der Waals surface area contributed by atoms with E-state index in [2.05, 4.69) is 18.7 Å². The molecule has 0 aromatic heterocycles. The SMILES string of the molecule is CC(C)CN(C1CC1)C(CN)c1cccc(C(F)(F)F)c1. The van der Waals surface area contributed by atoms with Gasteiger partial charge in [-0.3, -0.25) is 4.90 Å². The molecule has 0 spiro atoms. The summed E-state index contributed by atoms with van der Waals surface area (Å²) in [5.74, 6) is 0.463. The maximum Gasteiger partial charge on any atom is 0.416 e. The van der Waals surface area contributed by atoms with E-state index in [1.807, 2.05) is 0 Å². The van der Waals surface area contributed by atoms with Crippen molar-refractivity contribution in [3.05, 3.63) is 35.4 Å². The molecule has 0 heterocycles. The van der Waals surface area contributed by atoms with Gasteiger partial charge in [0, 0.05) is 25.2 Å². The molecule has 2 N–H and O–H groups in total. The fourth-order valence-corrected chi connectivity index (χ4v) is 2.74. The standard InChI is InChI=1S/C16H23F3N2/c1-11(2)10-21(14-6-7-14)15(9-20)12-4-3-5-13(8-12)16(17,18)19/h3-5,8,11,14-15H,6-7,9-10,20H2,1-2H3. The van der Waals surface area contributed by atoms with Crippen LogP contribution in [0.1, 0.15) is 43.9 Å². The zero-order chi connectivity index (χ0) is 15.6. The van der Waals surface area contributed by atoms with Gasteiger partial charge in [0.15, 0.2) is 0 Å². The predicted molar refractivity (Wildman–Crippen MR) is 77.8 cm³/mol. The first kappa shape index (κ1) is 16.3. The van der Waals surface area contributed by atoms with Crippen molar-refractivity contribution in [2.45, 2.75) is 44.9 Å². The van der Waals surface area contributed by atoms with Crippen LogP contribution in [-0.4, -0.2) is 24.0 Å². The number of hydrogen-bond acceptors (Lipinski definition) is 2. The number of alkyl halides is 3. The quantitative estimate of drug-likeness (QED) is 0.865. The molecular weight excluding hydrogens is 277 g/mol. The van der Waals surface area contributed by atoms with E-state index in [9.17, 15) is 13.2 Å². The lowest BCUT2D eigenvalue weighted by Gasteiger charge is -2.33. The maximum absolute atomic E-state index is 12.9. The lowest BCUT2D eigenvalue weighted by Crippen LogP contribution is -2.38. The summed E-state index contributed by atoms with van der Waals surface area (Å²) < 4.78 is 38.6. The summed E-state index contributed by atoms with van der Waals surface area (Å²) in [6, 6.07) is 5.91. The van der Waals surface area contributed by atoms with Gasteiger partial charge in [0.25, 0.3) is 0 Å². The Morgan fingerprint density at radius 3 is 2.43 bits per heavy atom. The van der Waals surface area contributed by atoms with E-state index in [4.69, 9.17) is 5.73 Å². The molecular formula is C16H23F3N2. The molecule has 5 heteroatoms. The molecule has 0 radical (unpaired) electrons. The third-order valence-electron chi connectivity index (χ3n) is 3.81. The minimum atomic E-state index is -4.31. The summed E-state index contributed by atoms with van der Waals surface area (Å²) in [6.45, 7) is 5.44. The molecule has 1 aliphatic carbocycles. The summed E-state index contributed by atoms with van der Waals surface area (Å²) in [5, 5.41) is 0. The summed E-state index contributed by atoms with van der Waals surface area (Å²) >= 11 is 0. The van der Waals surface area contributed by atoms with Gasteiger partial charge in [-0.1, -0.05) is 26.0 Å². The fourth-order valence-electron chi connectivity index (χ4n) is 2.74. The second-order valence-corrected chi connectivity index (χ2v) is 6.20. The Morgan fingerprint density at radius 1 is 1.29 bits per heavy atom. The minimum Gasteiger partial charge on any atom is -0.329 e. The van der Waals surface area contributed by atoms with Crippen molar-refractivity contribution in [3.63, 3.8) is 0 Å². The van der Waals surface area contributed by atoms with Crippen LogP contribution in [-0.2, 0) is 6.18 Å². The fraction of sp³-hybridized carbons (Fsp3) is 0.625. The topological polar surface area (TPSA) is 29.3 Å². The van der Waals surface area contributed by atoms with E-state index in [0.717, 1.165) is 25.5 Å². The zero-order valence-electron chi connectivity index (χ0n) is 12.5. The van der Waals surface area contributed by atoms with E-state index >= 15 is 0 Å². The van der Waals surface area contributed by atoms with E-state index in [1.165, 1.54) is 12.1 Å². The zero-order valence-corrected chi connectivity index (χ0v) is 12.5. The van der Waals surface area contributed by atoms with Gasteiger partial charge < -0.3 is 5.73 Å². The van der Waals surface area contributed by atoms with E-state index in [-0.39, 0.29) is 6.04 Å². The number of nitrogens with zero attached hydrogens (tertiary/aromatic N) is 1. The monoisotopic (exact) mass is 300 g/mol. The average molecular weight is 300 g/mol. The van der Waals surface area contributed by atoms with Crippen molar-refractivity contribution in [1.29, 1.82) is 0 Å². The van der Waals surface area contributed by atoms with Gasteiger partial charge in [0.2, 0.25) is 0 Å². The molecule has 0 amide bonds. The first-order valence-electron chi connectivity index (χ1n) is 7.46. The Kier molecular flexibility index (Phi) is 4.94. The average Bonchev–Trinajstić information content (AvgIpc) is 3.21. The summed E-state index contributed by atoms with van der Waals surface area (Å²) in [6.07, 6.45) is -2.08. The van der Waals surface area contributed by atoms with Crippen molar-refractivity contribution in [2.24, 2.45) is 11.7 Å². The Morgan fingerprint density at radius 2 is 1.95 bits per heavy atom. The van der Waals surface area contributed by atoms with Crippen molar-refractivity contribution in [2.75, 3.05) is 13.1 Å². The highest BCUT2D eigenvalue weighted by Crippen LogP contribution is 2.36. The van der Waals surface area contributed by atoms with Crippen molar-refractivity contribution in [1.82, 2.24) is 4.90 Å².